The number of nitrogens with two attached hydrogens (primary N) is 1. The summed E-state index contributed by atoms with van der Waals surface area (Å²) in [4.78, 5) is 20.3. The first kappa shape index (κ1) is 21.4. The number of benzene rings is 2. The second-order valence-electron chi connectivity index (χ2n) is 6.38. The standard InChI is InChI=1S/C22H15ClFN5O2S/c23-15-3-1-14(2-4-15)13-28-29(22(25)30)16-5-6-20(18(24)11-16)31-17-7-8-26-19(12-17)21-27-9-10-32-21/h1-13H,(H2,25,30)/b28-13+. The fourth-order valence-electron chi connectivity index (χ4n) is 2.70. The lowest BCUT2D eigenvalue weighted by Gasteiger charge is -2.15. The maximum Gasteiger partial charge on any atom is 0.340 e. The summed E-state index contributed by atoms with van der Waals surface area (Å²) in [6, 6.07) is 13.2. The molecule has 0 aliphatic carbocycles. The average Bonchev–Trinajstić information content (AvgIpc) is 3.32. The van der Waals surface area contributed by atoms with Crippen molar-refractivity contribution in [2.75, 3.05) is 5.01 Å². The molecular weight excluding hydrogens is 453 g/mol. The van der Waals surface area contributed by atoms with E-state index in [-0.39, 0.29) is 11.4 Å². The van der Waals surface area contributed by atoms with Gasteiger partial charge in [0.05, 0.1) is 11.9 Å². The van der Waals surface area contributed by atoms with Gasteiger partial charge in [0.2, 0.25) is 0 Å². The lowest BCUT2D eigenvalue weighted by molar-refractivity contribution is 0.254. The Labute approximate surface area is 191 Å². The van der Waals surface area contributed by atoms with Crippen LogP contribution in [0.2, 0.25) is 5.02 Å². The first-order chi connectivity index (χ1) is 15.5. The van der Waals surface area contributed by atoms with Crippen LogP contribution in [0.1, 0.15) is 5.56 Å². The van der Waals surface area contributed by atoms with E-state index in [1.165, 1.54) is 29.7 Å². The van der Waals surface area contributed by atoms with Crippen LogP contribution in [0.5, 0.6) is 11.5 Å². The molecule has 0 radical (unpaired) electrons. The molecule has 0 spiro atoms. The van der Waals surface area contributed by atoms with Crippen molar-refractivity contribution in [3.63, 3.8) is 0 Å². The lowest BCUT2D eigenvalue weighted by Crippen LogP contribution is -2.31. The molecule has 0 fully saturated rings. The van der Waals surface area contributed by atoms with E-state index in [9.17, 15) is 9.18 Å². The van der Waals surface area contributed by atoms with E-state index in [0.29, 0.717) is 22.0 Å². The summed E-state index contributed by atoms with van der Waals surface area (Å²) in [7, 11) is 0. The van der Waals surface area contributed by atoms with Crippen molar-refractivity contribution in [2.45, 2.75) is 0 Å². The Hall–Kier alpha value is -3.82. The van der Waals surface area contributed by atoms with Gasteiger partial charge in [0, 0.05) is 34.9 Å². The number of anilines is 1. The average molecular weight is 468 g/mol. The summed E-state index contributed by atoms with van der Waals surface area (Å²) in [5.41, 5.74) is 6.87. The van der Waals surface area contributed by atoms with E-state index < -0.39 is 11.8 Å². The fourth-order valence-corrected chi connectivity index (χ4v) is 3.43. The minimum Gasteiger partial charge on any atom is -0.454 e. The molecule has 0 saturated carbocycles. The molecule has 2 amide bonds. The third-order valence-electron chi connectivity index (χ3n) is 4.17. The van der Waals surface area contributed by atoms with Gasteiger partial charge in [-0.25, -0.2) is 14.2 Å². The van der Waals surface area contributed by atoms with Gasteiger partial charge in [0.25, 0.3) is 0 Å². The van der Waals surface area contributed by atoms with Gasteiger partial charge in [0.15, 0.2) is 11.6 Å². The minimum absolute atomic E-state index is 0.0314. The molecule has 7 nitrogen and oxygen atoms in total. The first-order valence-electron chi connectivity index (χ1n) is 9.22. The molecule has 0 aliphatic rings. The maximum absolute atomic E-state index is 14.7. The van der Waals surface area contributed by atoms with Crippen molar-refractivity contribution in [3.05, 3.63) is 88.8 Å². The quantitative estimate of drug-likeness (QED) is 0.290. The summed E-state index contributed by atoms with van der Waals surface area (Å²) in [5, 5.41) is 8.07. The molecular formula is C22H15ClFN5O2S. The highest BCUT2D eigenvalue weighted by Crippen LogP contribution is 2.30. The first-order valence-corrected chi connectivity index (χ1v) is 10.5. The zero-order valence-corrected chi connectivity index (χ0v) is 17.9. The number of hydrogen-bond donors (Lipinski definition) is 1. The van der Waals surface area contributed by atoms with Crippen LogP contribution in [0.25, 0.3) is 10.7 Å². The molecule has 2 aromatic carbocycles. The topological polar surface area (TPSA) is 93.7 Å². The van der Waals surface area contributed by atoms with Gasteiger partial charge in [-0.3, -0.25) is 4.98 Å². The van der Waals surface area contributed by atoms with Gasteiger partial charge >= 0.3 is 6.03 Å². The van der Waals surface area contributed by atoms with E-state index in [2.05, 4.69) is 15.1 Å². The van der Waals surface area contributed by atoms with Crippen molar-refractivity contribution in [1.82, 2.24) is 9.97 Å². The van der Waals surface area contributed by atoms with Gasteiger partial charge < -0.3 is 10.5 Å². The summed E-state index contributed by atoms with van der Waals surface area (Å²) in [6.45, 7) is 0. The maximum atomic E-state index is 14.7. The number of pyridine rings is 1. The fraction of sp³-hybridized carbons (Fsp3) is 0. The normalized spacial score (nSPS) is 10.9. The molecule has 160 valence electrons. The number of rotatable bonds is 6. The predicted molar refractivity (Wildman–Crippen MR) is 123 cm³/mol. The molecule has 10 heteroatoms. The number of halogens is 2. The molecule has 2 N–H and O–H groups in total. The van der Waals surface area contributed by atoms with Crippen molar-refractivity contribution < 1.29 is 13.9 Å². The van der Waals surface area contributed by atoms with Crippen LogP contribution in [0.15, 0.2) is 77.5 Å². The number of nitrogens with zero attached hydrogens (tertiary/aromatic N) is 4. The summed E-state index contributed by atoms with van der Waals surface area (Å²) < 4.78 is 20.4. The number of amides is 2. The second-order valence-corrected chi connectivity index (χ2v) is 7.71. The largest absolute Gasteiger partial charge is 0.454 e. The van der Waals surface area contributed by atoms with Crippen LogP contribution in [0, 0.1) is 5.82 Å². The molecule has 4 aromatic rings. The van der Waals surface area contributed by atoms with Gasteiger partial charge in [-0.1, -0.05) is 23.7 Å². The van der Waals surface area contributed by atoms with Crippen LogP contribution < -0.4 is 15.5 Å². The van der Waals surface area contributed by atoms with Crippen molar-refractivity contribution in [2.24, 2.45) is 10.8 Å². The molecule has 0 bridgehead atoms. The number of carbonyl (C=O) groups excluding carboxylic acids is 1. The highest BCUT2D eigenvalue weighted by Gasteiger charge is 2.15. The van der Waals surface area contributed by atoms with E-state index in [4.69, 9.17) is 22.1 Å². The zero-order valence-electron chi connectivity index (χ0n) is 16.4. The molecule has 0 atom stereocenters. The summed E-state index contributed by atoms with van der Waals surface area (Å²) in [5.74, 6) is -0.330. The molecule has 0 unspecified atom stereocenters. The van der Waals surface area contributed by atoms with Crippen molar-refractivity contribution in [3.8, 4) is 22.2 Å². The highest BCUT2D eigenvalue weighted by atomic mass is 35.5. The Balaban J connectivity index is 1.54. The predicted octanol–water partition coefficient (Wildman–Crippen LogP) is 5.71. The van der Waals surface area contributed by atoms with E-state index in [0.717, 1.165) is 16.1 Å². The molecule has 2 aromatic heterocycles. The van der Waals surface area contributed by atoms with Gasteiger partial charge in [-0.15, -0.1) is 11.3 Å². The molecule has 2 heterocycles. The number of hydrazone groups is 1. The van der Waals surface area contributed by atoms with Crippen LogP contribution in [-0.4, -0.2) is 22.2 Å². The number of urea groups is 1. The third kappa shape index (κ3) is 5.08. The van der Waals surface area contributed by atoms with Crippen molar-refractivity contribution in [1.29, 1.82) is 0 Å². The van der Waals surface area contributed by atoms with Crippen LogP contribution >= 0.6 is 22.9 Å². The monoisotopic (exact) mass is 467 g/mol. The molecule has 0 aliphatic heterocycles. The SMILES string of the molecule is NC(=O)N(/N=C/c1ccc(Cl)cc1)c1ccc(Oc2ccnc(-c3nccs3)c2)c(F)c1. The molecule has 32 heavy (non-hydrogen) atoms. The molecule has 4 rings (SSSR count). The second kappa shape index (κ2) is 9.54. The van der Waals surface area contributed by atoms with Crippen LogP contribution in [0.4, 0.5) is 14.9 Å². The van der Waals surface area contributed by atoms with Gasteiger partial charge in [0.1, 0.15) is 16.5 Å². The van der Waals surface area contributed by atoms with Crippen LogP contribution in [-0.2, 0) is 0 Å². The Bertz CT molecular complexity index is 1270. The Morgan fingerprint density at radius 3 is 2.62 bits per heavy atom. The molecule has 0 saturated heterocycles. The van der Waals surface area contributed by atoms with E-state index in [1.54, 1.807) is 48.8 Å². The smallest absolute Gasteiger partial charge is 0.340 e. The Morgan fingerprint density at radius 1 is 1.12 bits per heavy atom. The summed E-state index contributed by atoms with van der Waals surface area (Å²) >= 11 is 7.29. The third-order valence-corrected chi connectivity index (χ3v) is 5.22. The van der Waals surface area contributed by atoms with Gasteiger partial charge in [-0.05, 0) is 35.9 Å². The number of carbonyl (C=O) groups is 1. The number of aromatic nitrogens is 2. The van der Waals surface area contributed by atoms with Gasteiger partial charge in [-0.2, -0.15) is 10.1 Å². The minimum atomic E-state index is -0.870. The highest BCUT2D eigenvalue weighted by molar-refractivity contribution is 7.13. The number of hydrogen-bond acceptors (Lipinski definition) is 6. The van der Waals surface area contributed by atoms with E-state index in [1.807, 2.05) is 5.38 Å². The Kier molecular flexibility index (Phi) is 6.39. The number of ether oxygens (including phenoxy) is 1. The van der Waals surface area contributed by atoms with E-state index >= 15 is 0 Å². The Morgan fingerprint density at radius 2 is 1.94 bits per heavy atom. The number of primary amides is 1. The lowest BCUT2D eigenvalue weighted by atomic mass is 10.2. The van der Waals surface area contributed by atoms with Crippen LogP contribution in [0.3, 0.4) is 0 Å². The van der Waals surface area contributed by atoms with Crippen molar-refractivity contribution >= 4 is 40.9 Å². The zero-order chi connectivity index (χ0) is 22.5. The summed E-state index contributed by atoms with van der Waals surface area (Å²) in [6.07, 6.45) is 4.65. The number of thiazole rings is 1.